The summed E-state index contributed by atoms with van der Waals surface area (Å²) in [6.07, 6.45) is 3.30. The minimum Gasteiger partial charge on any atom is -0.324 e. The Kier molecular flexibility index (Phi) is 2.58. The Morgan fingerprint density at radius 1 is 1.60 bits per heavy atom. The Bertz CT molecular complexity index is 185. The summed E-state index contributed by atoms with van der Waals surface area (Å²) in [6, 6.07) is 0. The summed E-state index contributed by atoms with van der Waals surface area (Å²) in [5.74, 6) is 0. The van der Waals surface area contributed by atoms with Gasteiger partial charge >= 0.3 is 7.60 Å². The van der Waals surface area contributed by atoms with Crippen molar-refractivity contribution >= 4 is 19.4 Å². The highest BCUT2D eigenvalue weighted by Crippen LogP contribution is 2.51. The lowest BCUT2D eigenvalue weighted by Crippen LogP contribution is -2.03. The summed E-state index contributed by atoms with van der Waals surface area (Å²) in [5, 5.41) is 1.76. The minimum absolute atomic E-state index is 0.502. The smallest absolute Gasteiger partial charge is 0.324 e. The zero-order valence-electron chi connectivity index (χ0n) is 5.30. The van der Waals surface area contributed by atoms with Gasteiger partial charge in [0.05, 0.1) is 0 Å². The van der Waals surface area contributed by atoms with Crippen molar-refractivity contribution in [3.05, 3.63) is 11.5 Å². The molecule has 0 aromatic heterocycles. The van der Waals surface area contributed by atoms with Gasteiger partial charge in [-0.2, -0.15) is 0 Å². The van der Waals surface area contributed by atoms with E-state index in [1.54, 1.807) is 5.41 Å². The van der Waals surface area contributed by atoms with Crippen LogP contribution in [0.5, 0.6) is 0 Å². The molecule has 0 spiro atoms. The Balaban J connectivity index is 2.58. The molecule has 0 aromatic rings. The van der Waals surface area contributed by atoms with Crippen LogP contribution in [0.25, 0.3) is 0 Å². The van der Waals surface area contributed by atoms with Gasteiger partial charge in [0.15, 0.2) is 0 Å². The monoisotopic (exact) mass is 180 g/mol. The van der Waals surface area contributed by atoms with Crippen LogP contribution in [0.2, 0.25) is 0 Å². The first-order chi connectivity index (χ1) is 4.61. The minimum atomic E-state index is -3.83. The van der Waals surface area contributed by atoms with Crippen LogP contribution >= 0.6 is 19.4 Å². The summed E-state index contributed by atoms with van der Waals surface area (Å²) >= 11 is 1.23. The van der Waals surface area contributed by atoms with Crippen LogP contribution in [0.3, 0.4) is 0 Å². The van der Waals surface area contributed by atoms with E-state index in [0.717, 1.165) is 6.42 Å². The molecule has 1 aliphatic rings. The largest absolute Gasteiger partial charge is 0.338 e. The van der Waals surface area contributed by atoms with Gasteiger partial charge in [0.25, 0.3) is 0 Å². The quantitative estimate of drug-likeness (QED) is 0.601. The van der Waals surface area contributed by atoms with E-state index in [4.69, 9.17) is 9.79 Å². The van der Waals surface area contributed by atoms with Crippen LogP contribution in [0.15, 0.2) is 11.5 Å². The molecule has 1 atom stereocenters. The molecule has 10 heavy (non-hydrogen) atoms. The lowest BCUT2D eigenvalue weighted by Gasteiger charge is -2.17. The number of hydrogen-bond acceptors (Lipinski definition) is 2. The van der Waals surface area contributed by atoms with Gasteiger partial charge in [-0.25, -0.2) is 0 Å². The zero-order chi connectivity index (χ0) is 7.61. The van der Waals surface area contributed by atoms with Gasteiger partial charge in [0.1, 0.15) is 4.99 Å². The van der Waals surface area contributed by atoms with Gasteiger partial charge in [-0.3, -0.25) is 4.57 Å². The fraction of sp³-hybridized carbons (Fsp3) is 0.600. The second-order valence-corrected chi connectivity index (χ2v) is 5.39. The van der Waals surface area contributed by atoms with Crippen molar-refractivity contribution < 1.29 is 14.4 Å². The van der Waals surface area contributed by atoms with Crippen LogP contribution in [0.1, 0.15) is 12.8 Å². The first kappa shape index (κ1) is 8.34. The highest BCUT2D eigenvalue weighted by molar-refractivity contribution is 8.07. The topological polar surface area (TPSA) is 57.5 Å². The maximum absolute atomic E-state index is 10.6. The van der Waals surface area contributed by atoms with Crippen molar-refractivity contribution in [1.82, 2.24) is 0 Å². The van der Waals surface area contributed by atoms with Gasteiger partial charge in [-0.15, -0.1) is 11.8 Å². The highest BCUT2D eigenvalue weighted by atomic mass is 32.2. The molecule has 3 nitrogen and oxygen atoms in total. The molecule has 1 rings (SSSR count). The van der Waals surface area contributed by atoms with Gasteiger partial charge in [-0.1, -0.05) is 6.08 Å². The molecule has 5 heteroatoms. The van der Waals surface area contributed by atoms with Crippen molar-refractivity contribution in [2.24, 2.45) is 0 Å². The summed E-state index contributed by atoms with van der Waals surface area (Å²) < 4.78 is 10.6. The molecule has 1 unspecified atom stereocenters. The Hall–Kier alpha value is 0.240. The maximum atomic E-state index is 10.6. The predicted molar refractivity (Wildman–Crippen MR) is 41.8 cm³/mol. The molecule has 0 saturated carbocycles. The molecule has 0 radical (unpaired) electrons. The van der Waals surface area contributed by atoms with Crippen molar-refractivity contribution in [3.63, 3.8) is 0 Å². The molecule has 0 aliphatic carbocycles. The fourth-order valence-corrected chi connectivity index (χ4v) is 2.80. The SMILES string of the molecule is O=P(O)(O)C1CCC=CS1. The number of rotatable bonds is 1. The maximum Gasteiger partial charge on any atom is 0.338 e. The second-order valence-electron chi connectivity index (χ2n) is 2.13. The number of allylic oxidation sites excluding steroid dienone is 1. The first-order valence-electron chi connectivity index (χ1n) is 2.96. The van der Waals surface area contributed by atoms with Crippen molar-refractivity contribution in [2.45, 2.75) is 17.8 Å². The lowest BCUT2D eigenvalue weighted by molar-refractivity contribution is 0.368. The third-order valence-corrected chi connectivity index (χ3v) is 4.38. The van der Waals surface area contributed by atoms with Gasteiger partial charge in [0, 0.05) is 0 Å². The molecule has 0 saturated heterocycles. The van der Waals surface area contributed by atoms with E-state index in [2.05, 4.69) is 0 Å². The molecule has 1 heterocycles. The molecule has 1 aliphatic heterocycles. The van der Waals surface area contributed by atoms with E-state index < -0.39 is 12.6 Å². The average molecular weight is 180 g/mol. The summed E-state index contributed by atoms with van der Waals surface area (Å²) in [6.45, 7) is 0. The van der Waals surface area contributed by atoms with E-state index in [1.807, 2.05) is 6.08 Å². The molecule has 58 valence electrons. The third kappa shape index (κ3) is 2.13. The van der Waals surface area contributed by atoms with E-state index in [1.165, 1.54) is 11.8 Å². The molecule has 2 N–H and O–H groups in total. The fourth-order valence-electron chi connectivity index (χ4n) is 0.769. The van der Waals surface area contributed by atoms with Crippen LogP contribution < -0.4 is 0 Å². The number of thioether (sulfide) groups is 1. The van der Waals surface area contributed by atoms with Crippen molar-refractivity contribution in [3.8, 4) is 0 Å². The summed E-state index contributed by atoms with van der Waals surface area (Å²) in [7, 11) is -3.83. The third-order valence-electron chi connectivity index (χ3n) is 1.29. The van der Waals surface area contributed by atoms with Crippen molar-refractivity contribution in [1.29, 1.82) is 0 Å². The summed E-state index contributed by atoms with van der Waals surface area (Å²) in [4.78, 5) is 16.9. The normalized spacial score (nSPS) is 26.8. The summed E-state index contributed by atoms with van der Waals surface area (Å²) in [5.41, 5.74) is 0. The van der Waals surface area contributed by atoms with E-state index >= 15 is 0 Å². The molecule has 0 fully saturated rings. The molecular weight excluding hydrogens is 171 g/mol. The van der Waals surface area contributed by atoms with Gasteiger partial charge < -0.3 is 9.79 Å². The van der Waals surface area contributed by atoms with E-state index in [-0.39, 0.29) is 0 Å². The standard InChI is InChI=1S/C5H9O3PS/c6-9(7,8)5-3-1-2-4-10-5/h2,4-5H,1,3H2,(H2,6,7,8). The number of hydrogen-bond donors (Lipinski definition) is 2. The Labute approximate surface area is 63.7 Å². The Morgan fingerprint density at radius 3 is 2.60 bits per heavy atom. The van der Waals surface area contributed by atoms with Gasteiger partial charge in [-0.05, 0) is 18.2 Å². The van der Waals surface area contributed by atoms with E-state index in [9.17, 15) is 4.57 Å². The van der Waals surface area contributed by atoms with E-state index in [0.29, 0.717) is 6.42 Å². The molecule has 0 amide bonds. The second kappa shape index (κ2) is 3.09. The van der Waals surface area contributed by atoms with Crippen LogP contribution in [-0.2, 0) is 4.57 Å². The zero-order valence-corrected chi connectivity index (χ0v) is 7.02. The van der Waals surface area contributed by atoms with Crippen LogP contribution in [0, 0.1) is 0 Å². The molecule has 0 aromatic carbocycles. The lowest BCUT2D eigenvalue weighted by atomic mass is 10.3. The van der Waals surface area contributed by atoms with Crippen molar-refractivity contribution in [2.75, 3.05) is 0 Å². The molecule has 0 bridgehead atoms. The Morgan fingerprint density at radius 2 is 2.30 bits per heavy atom. The van der Waals surface area contributed by atoms with Crippen LogP contribution in [0.4, 0.5) is 0 Å². The highest BCUT2D eigenvalue weighted by Gasteiger charge is 2.28. The van der Waals surface area contributed by atoms with Crippen LogP contribution in [-0.4, -0.2) is 14.8 Å². The predicted octanol–water partition coefficient (Wildman–Crippen LogP) is 1.53. The average Bonchev–Trinajstić information content (AvgIpc) is 1.88. The van der Waals surface area contributed by atoms with Gasteiger partial charge in [0.2, 0.25) is 0 Å². The first-order valence-corrected chi connectivity index (χ1v) is 5.59. The molecular formula is C5H9O3PS.